The molecule has 100 valence electrons. The zero-order valence-electron chi connectivity index (χ0n) is 11.2. The average molecular weight is 320 g/mol. The maximum absolute atomic E-state index is 5.50. The molecule has 0 heterocycles. The predicted molar refractivity (Wildman–Crippen MR) is 83.8 cm³/mol. The van der Waals surface area contributed by atoms with Crippen molar-refractivity contribution in [2.24, 2.45) is 0 Å². The van der Waals surface area contributed by atoms with Gasteiger partial charge in [0.1, 0.15) is 5.75 Å². The lowest BCUT2D eigenvalue weighted by Crippen LogP contribution is -2.01. The third-order valence-corrected chi connectivity index (χ3v) is 3.37. The van der Waals surface area contributed by atoms with Gasteiger partial charge < -0.3 is 10.1 Å². The second-order valence-electron chi connectivity index (χ2n) is 4.39. The van der Waals surface area contributed by atoms with Crippen LogP contribution in [0, 0.1) is 6.92 Å². The fraction of sp³-hybridized carbons (Fsp3) is 0.250. The summed E-state index contributed by atoms with van der Waals surface area (Å²) in [4.78, 5) is 0. The highest BCUT2D eigenvalue weighted by Crippen LogP contribution is 2.21. The summed E-state index contributed by atoms with van der Waals surface area (Å²) in [7, 11) is 0. The van der Waals surface area contributed by atoms with Gasteiger partial charge in [-0.05, 0) is 55.3 Å². The monoisotopic (exact) mass is 319 g/mol. The summed E-state index contributed by atoms with van der Waals surface area (Å²) in [6, 6.07) is 14.4. The maximum Gasteiger partial charge on any atom is 0.119 e. The Labute approximate surface area is 122 Å². The molecule has 0 aliphatic heterocycles. The van der Waals surface area contributed by atoms with Gasteiger partial charge >= 0.3 is 0 Å². The van der Waals surface area contributed by atoms with E-state index in [4.69, 9.17) is 4.74 Å². The molecule has 0 radical (unpaired) electrons. The molecule has 0 saturated heterocycles. The Morgan fingerprint density at radius 3 is 2.74 bits per heavy atom. The van der Waals surface area contributed by atoms with Crippen molar-refractivity contribution in [3.8, 4) is 5.75 Å². The van der Waals surface area contributed by atoms with E-state index < -0.39 is 0 Å². The molecule has 0 unspecified atom stereocenters. The number of ether oxygens (including phenoxy) is 1. The quantitative estimate of drug-likeness (QED) is 0.857. The number of benzene rings is 2. The van der Waals surface area contributed by atoms with E-state index >= 15 is 0 Å². The van der Waals surface area contributed by atoms with E-state index in [1.54, 1.807) is 0 Å². The van der Waals surface area contributed by atoms with E-state index in [0.29, 0.717) is 6.61 Å². The van der Waals surface area contributed by atoms with Gasteiger partial charge in [-0.15, -0.1) is 0 Å². The van der Waals surface area contributed by atoms with Gasteiger partial charge in [-0.2, -0.15) is 0 Å². The Kier molecular flexibility index (Phi) is 4.86. The highest BCUT2D eigenvalue weighted by molar-refractivity contribution is 9.10. The van der Waals surface area contributed by atoms with Crippen LogP contribution in [0.25, 0.3) is 0 Å². The Morgan fingerprint density at radius 2 is 2.00 bits per heavy atom. The summed E-state index contributed by atoms with van der Waals surface area (Å²) in [6.45, 7) is 5.59. The Hall–Kier alpha value is -1.48. The van der Waals surface area contributed by atoms with Crippen molar-refractivity contribution in [2.45, 2.75) is 20.4 Å². The van der Waals surface area contributed by atoms with Crippen LogP contribution in [0.2, 0.25) is 0 Å². The minimum absolute atomic E-state index is 0.697. The number of halogens is 1. The topological polar surface area (TPSA) is 21.3 Å². The van der Waals surface area contributed by atoms with E-state index in [1.165, 1.54) is 11.1 Å². The molecule has 0 bridgehead atoms. The summed E-state index contributed by atoms with van der Waals surface area (Å²) in [6.07, 6.45) is 0. The Bertz CT molecular complexity index is 554. The molecule has 2 aromatic rings. The molecule has 3 heteroatoms. The number of anilines is 1. The molecule has 1 N–H and O–H groups in total. The SMILES string of the molecule is CCOc1cccc(CNc2ccc(Br)cc2C)c1. The van der Waals surface area contributed by atoms with E-state index in [2.05, 4.69) is 52.4 Å². The minimum Gasteiger partial charge on any atom is -0.494 e. The molecular formula is C16H18BrNO. The molecule has 0 aromatic heterocycles. The molecule has 0 amide bonds. The lowest BCUT2D eigenvalue weighted by molar-refractivity contribution is 0.340. The number of aryl methyl sites for hydroxylation is 1. The second-order valence-corrected chi connectivity index (χ2v) is 5.31. The fourth-order valence-electron chi connectivity index (χ4n) is 1.93. The third-order valence-electron chi connectivity index (χ3n) is 2.88. The third kappa shape index (κ3) is 4.00. The molecule has 2 aromatic carbocycles. The molecule has 0 saturated carbocycles. The zero-order chi connectivity index (χ0) is 13.7. The van der Waals surface area contributed by atoms with Crippen molar-refractivity contribution < 1.29 is 4.74 Å². The summed E-state index contributed by atoms with van der Waals surface area (Å²) >= 11 is 3.47. The van der Waals surface area contributed by atoms with Gasteiger partial charge in [0, 0.05) is 16.7 Å². The summed E-state index contributed by atoms with van der Waals surface area (Å²) in [5.74, 6) is 0.925. The molecule has 2 nitrogen and oxygen atoms in total. The van der Waals surface area contributed by atoms with Crippen LogP contribution in [0.3, 0.4) is 0 Å². The first-order chi connectivity index (χ1) is 9.19. The van der Waals surface area contributed by atoms with Crippen LogP contribution in [0.4, 0.5) is 5.69 Å². The van der Waals surface area contributed by atoms with Crippen molar-refractivity contribution in [3.63, 3.8) is 0 Å². The first-order valence-corrected chi connectivity index (χ1v) is 7.20. The minimum atomic E-state index is 0.697. The largest absolute Gasteiger partial charge is 0.494 e. The lowest BCUT2D eigenvalue weighted by Gasteiger charge is -2.11. The van der Waals surface area contributed by atoms with Crippen molar-refractivity contribution in [2.75, 3.05) is 11.9 Å². The highest BCUT2D eigenvalue weighted by atomic mass is 79.9. The van der Waals surface area contributed by atoms with E-state index in [-0.39, 0.29) is 0 Å². The molecule has 2 rings (SSSR count). The standard InChI is InChI=1S/C16H18BrNO/c1-3-19-15-6-4-5-13(10-15)11-18-16-8-7-14(17)9-12(16)2/h4-10,18H,3,11H2,1-2H3. The Morgan fingerprint density at radius 1 is 1.16 bits per heavy atom. The molecule has 19 heavy (non-hydrogen) atoms. The lowest BCUT2D eigenvalue weighted by atomic mass is 10.1. The molecule has 0 aliphatic carbocycles. The van der Waals surface area contributed by atoms with Gasteiger partial charge in [0.05, 0.1) is 6.61 Å². The van der Waals surface area contributed by atoms with E-state index in [9.17, 15) is 0 Å². The number of nitrogens with one attached hydrogen (secondary N) is 1. The normalized spacial score (nSPS) is 10.3. The number of hydrogen-bond acceptors (Lipinski definition) is 2. The van der Waals surface area contributed by atoms with Gasteiger partial charge in [-0.25, -0.2) is 0 Å². The van der Waals surface area contributed by atoms with Crippen LogP contribution in [0.15, 0.2) is 46.9 Å². The van der Waals surface area contributed by atoms with Gasteiger partial charge in [0.2, 0.25) is 0 Å². The average Bonchev–Trinajstić information content (AvgIpc) is 2.38. The van der Waals surface area contributed by atoms with Crippen molar-refractivity contribution in [1.29, 1.82) is 0 Å². The van der Waals surface area contributed by atoms with Gasteiger partial charge in [-0.1, -0.05) is 28.1 Å². The number of hydrogen-bond donors (Lipinski definition) is 1. The van der Waals surface area contributed by atoms with Crippen LogP contribution < -0.4 is 10.1 Å². The van der Waals surface area contributed by atoms with Crippen LogP contribution >= 0.6 is 15.9 Å². The smallest absolute Gasteiger partial charge is 0.119 e. The second kappa shape index (κ2) is 6.62. The van der Waals surface area contributed by atoms with Gasteiger partial charge in [0.25, 0.3) is 0 Å². The first kappa shape index (κ1) is 13.9. The number of rotatable bonds is 5. The molecule has 0 fully saturated rings. The van der Waals surface area contributed by atoms with Crippen LogP contribution in [0.1, 0.15) is 18.1 Å². The highest BCUT2D eigenvalue weighted by Gasteiger charge is 2.00. The van der Waals surface area contributed by atoms with E-state index in [0.717, 1.165) is 22.5 Å². The van der Waals surface area contributed by atoms with Gasteiger partial charge in [-0.3, -0.25) is 0 Å². The summed E-state index contributed by atoms with van der Waals surface area (Å²) in [5.41, 5.74) is 3.61. The van der Waals surface area contributed by atoms with Crippen LogP contribution in [0.5, 0.6) is 5.75 Å². The molecule has 0 atom stereocenters. The van der Waals surface area contributed by atoms with Crippen molar-refractivity contribution >= 4 is 21.6 Å². The predicted octanol–water partition coefficient (Wildman–Crippen LogP) is 4.77. The Balaban J connectivity index is 2.03. The van der Waals surface area contributed by atoms with Gasteiger partial charge in [0.15, 0.2) is 0 Å². The van der Waals surface area contributed by atoms with Crippen LogP contribution in [-0.2, 0) is 6.54 Å². The summed E-state index contributed by atoms with van der Waals surface area (Å²) < 4.78 is 6.61. The van der Waals surface area contributed by atoms with Crippen molar-refractivity contribution in [1.82, 2.24) is 0 Å². The van der Waals surface area contributed by atoms with Crippen LogP contribution in [-0.4, -0.2) is 6.61 Å². The fourth-order valence-corrected chi connectivity index (χ4v) is 2.41. The maximum atomic E-state index is 5.50. The van der Waals surface area contributed by atoms with Crippen molar-refractivity contribution in [3.05, 3.63) is 58.1 Å². The zero-order valence-corrected chi connectivity index (χ0v) is 12.8. The van der Waals surface area contributed by atoms with E-state index in [1.807, 2.05) is 25.1 Å². The molecule has 0 spiro atoms. The first-order valence-electron chi connectivity index (χ1n) is 6.41. The summed E-state index contributed by atoms with van der Waals surface area (Å²) in [5, 5.41) is 3.45. The molecule has 0 aliphatic rings. The molecular weight excluding hydrogens is 302 g/mol.